The van der Waals surface area contributed by atoms with Gasteiger partial charge < -0.3 is 4.74 Å². The highest BCUT2D eigenvalue weighted by atomic mass is 16.5. The number of ether oxygens (including phenoxy) is 1. The van der Waals surface area contributed by atoms with Gasteiger partial charge in [-0.05, 0) is 42.7 Å². The zero-order chi connectivity index (χ0) is 16.3. The van der Waals surface area contributed by atoms with E-state index in [4.69, 9.17) is 4.74 Å². The van der Waals surface area contributed by atoms with Crippen LogP contribution in [-0.2, 0) is 11.2 Å². The summed E-state index contributed by atoms with van der Waals surface area (Å²) in [6.45, 7) is 5.49. The molecule has 2 unspecified atom stereocenters. The number of rotatable bonds is 10. The van der Waals surface area contributed by atoms with Crippen molar-refractivity contribution in [3.8, 4) is 0 Å². The Morgan fingerprint density at radius 1 is 0.870 bits per heavy atom. The van der Waals surface area contributed by atoms with Crippen LogP contribution < -0.4 is 0 Å². The predicted octanol–water partition coefficient (Wildman–Crippen LogP) is 6.86. The van der Waals surface area contributed by atoms with Crippen LogP contribution in [-0.4, -0.2) is 6.61 Å². The van der Waals surface area contributed by atoms with Crippen LogP contribution in [0, 0.1) is 5.92 Å². The van der Waals surface area contributed by atoms with Gasteiger partial charge in [-0.1, -0.05) is 83.1 Å². The van der Waals surface area contributed by atoms with E-state index in [1.807, 2.05) is 0 Å². The van der Waals surface area contributed by atoms with E-state index in [1.165, 1.54) is 81.8 Å². The van der Waals surface area contributed by atoms with Crippen LogP contribution in [0.25, 0.3) is 0 Å². The van der Waals surface area contributed by atoms with Crippen molar-refractivity contribution in [1.82, 2.24) is 0 Å². The summed E-state index contributed by atoms with van der Waals surface area (Å²) in [6, 6.07) is 9.13. The predicted molar refractivity (Wildman–Crippen MR) is 99.8 cm³/mol. The topological polar surface area (TPSA) is 9.23 Å². The van der Waals surface area contributed by atoms with Crippen molar-refractivity contribution in [3.63, 3.8) is 0 Å². The highest BCUT2D eigenvalue weighted by Crippen LogP contribution is 2.32. The van der Waals surface area contributed by atoms with Crippen LogP contribution in [0.5, 0.6) is 0 Å². The quantitative estimate of drug-likeness (QED) is 0.428. The summed E-state index contributed by atoms with van der Waals surface area (Å²) in [6.07, 6.45) is 15.1. The Morgan fingerprint density at radius 3 is 2.26 bits per heavy atom. The molecule has 1 aliphatic rings. The average Bonchev–Trinajstić information content (AvgIpc) is 2.60. The molecule has 2 atom stereocenters. The highest BCUT2D eigenvalue weighted by molar-refractivity contribution is 5.24. The molecule has 0 bridgehead atoms. The molecule has 0 aromatic heterocycles. The Kier molecular flexibility index (Phi) is 8.74. The molecule has 0 aliphatic carbocycles. The van der Waals surface area contributed by atoms with Gasteiger partial charge in [-0.15, -0.1) is 0 Å². The first-order valence-corrected chi connectivity index (χ1v) is 10.0. The number of unbranched alkanes of at least 4 members (excludes halogenated alkanes) is 5. The second-order valence-electron chi connectivity index (χ2n) is 7.31. The minimum Gasteiger partial charge on any atom is -0.373 e. The minimum absolute atomic E-state index is 0.339. The van der Waals surface area contributed by atoms with Crippen LogP contribution in [0.1, 0.15) is 95.3 Å². The van der Waals surface area contributed by atoms with Crippen molar-refractivity contribution in [3.05, 3.63) is 35.4 Å². The van der Waals surface area contributed by atoms with Gasteiger partial charge >= 0.3 is 0 Å². The Balaban J connectivity index is 1.63. The van der Waals surface area contributed by atoms with Gasteiger partial charge in [0.25, 0.3) is 0 Å². The Hall–Kier alpha value is -0.820. The molecule has 1 nitrogen and oxygen atoms in total. The first-order valence-electron chi connectivity index (χ1n) is 10.0. The second kappa shape index (κ2) is 10.9. The van der Waals surface area contributed by atoms with Gasteiger partial charge in [0.05, 0.1) is 12.7 Å². The number of hydrogen-bond donors (Lipinski definition) is 0. The summed E-state index contributed by atoms with van der Waals surface area (Å²) in [5, 5.41) is 0. The summed E-state index contributed by atoms with van der Waals surface area (Å²) in [4.78, 5) is 0. The molecule has 1 aromatic rings. The van der Waals surface area contributed by atoms with E-state index < -0.39 is 0 Å². The third kappa shape index (κ3) is 6.67. The Morgan fingerprint density at radius 2 is 1.61 bits per heavy atom. The lowest BCUT2D eigenvalue weighted by Crippen LogP contribution is -2.20. The van der Waals surface area contributed by atoms with Crippen molar-refractivity contribution < 1.29 is 4.74 Å². The molecule has 0 spiro atoms. The fourth-order valence-electron chi connectivity index (χ4n) is 3.70. The van der Waals surface area contributed by atoms with E-state index in [-0.39, 0.29) is 0 Å². The van der Waals surface area contributed by atoms with E-state index in [9.17, 15) is 0 Å². The molecular formula is C22H36O. The van der Waals surface area contributed by atoms with Gasteiger partial charge in [-0.2, -0.15) is 0 Å². The third-order valence-electron chi connectivity index (χ3n) is 5.23. The molecule has 1 heterocycles. The summed E-state index contributed by atoms with van der Waals surface area (Å²) in [5.74, 6) is 0.803. The van der Waals surface area contributed by atoms with Gasteiger partial charge in [-0.25, -0.2) is 0 Å². The van der Waals surface area contributed by atoms with Gasteiger partial charge in [0.1, 0.15) is 0 Å². The standard InChI is InChI=1S/C22H36O/c1-3-5-6-7-8-9-11-20-14-17-22(23-18-20)21-15-12-19(10-4-2)13-16-21/h12-13,15-16,20,22H,3-11,14,17-18H2,1-2H3. The molecule has 1 aliphatic heterocycles. The summed E-state index contributed by atoms with van der Waals surface area (Å²) in [5.41, 5.74) is 2.83. The zero-order valence-electron chi connectivity index (χ0n) is 15.4. The maximum Gasteiger partial charge on any atom is 0.0825 e. The largest absolute Gasteiger partial charge is 0.373 e. The molecule has 0 saturated carbocycles. The molecule has 2 rings (SSSR count). The van der Waals surface area contributed by atoms with Crippen molar-refractivity contribution >= 4 is 0 Å². The SMILES string of the molecule is CCCCCCCCC1CCC(c2ccc(CCC)cc2)OC1. The minimum atomic E-state index is 0.339. The van der Waals surface area contributed by atoms with Crippen molar-refractivity contribution in [2.24, 2.45) is 5.92 Å². The van der Waals surface area contributed by atoms with Crippen LogP contribution in [0.15, 0.2) is 24.3 Å². The van der Waals surface area contributed by atoms with E-state index in [0.29, 0.717) is 6.10 Å². The second-order valence-corrected chi connectivity index (χ2v) is 7.31. The lowest BCUT2D eigenvalue weighted by atomic mass is 9.90. The van der Waals surface area contributed by atoms with E-state index in [2.05, 4.69) is 38.1 Å². The summed E-state index contributed by atoms with van der Waals surface area (Å²) in [7, 11) is 0. The van der Waals surface area contributed by atoms with E-state index >= 15 is 0 Å². The highest BCUT2D eigenvalue weighted by Gasteiger charge is 2.22. The molecule has 0 N–H and O–H groups in total. The molecule has 1 fully saturated rings. The van der Waals surface area contributed by atoms with Gasteiger partial charge in [0.2, 0.25) is 0 Å². The van der Waals surface area contributed by atoms with Crippen LogP contribution >= 0.6 is 0 Å². The number of benzene rings is 1. The molecular weight excluding hydrogens is 280 g/mol. The van der Waals surface area contributed by atoms with E-state index in [0.717, 1.165) is 12.5 Å². The normalized spacial score (nSPS) is 21.5. The van der Waals surface area contributed by atoms with Crippen molar-refractivity contribution in [2.45, 2.75) is 90.6 Å². The van der Waals surface area contributed by atoms with E-state index in [1.54, 1.807) is 0 Å². The van der Waals surface area contributed by atoms with Crippen LogP contribution in [0.4, 0.5) is 0 Å². The molecule has 0 radical (unpaired) electrons. The van der Waals surface area contributed by atoms with Gasteiger partial charge in [0, 0.05) is 0 Å². The first-order chi connectivity index (χ1) is 11.3. The van der Waals surface area contributed by atoms with Gasteiger partial charge in [-0.3, -0.25) is 0 Å². The third-order valence-corrected chi connectivity index (χ3v) is 5.23. The maximum atomic E-state index is 6.17. The number of hydrogen-bond acceptors (Lipinski definition) is 1. The van der Waals surface area contributed by atoms with Crippen molar-refractivity contribution in [1.29, 1.82) is 0 Å². The summed E-state index contributed by atoms with van der Waals surface area (Å²) < 4.78 is 6.17. The Bertz CT molecular complexity index is 400. The molecule has 130 valence electrons. The molecule has 1 saturated heterocycles. The lowest BCUT2D eigenvalue weighted by molar-refractivity contribution is -0.0199. The van der Waals surface area contributed by atoms with Gasteiger partial charge in [0.15, 0.2) is 0 Å². The smallest absolute Gasteiger partial charge is 0.0825 e. The fraction of sp³-hybridized carbons (Fsp3) is 0.727. The monoisotopic (exact) mass is 316 g/mol. The molecule has 1 aromatic carbocycles. The molecule has 1 heteroatoms. The fourth-order valence-corrected chi connectivity index (χ4v) is 3.70. The zero-order valence-corrected chi connectivity index (χ0v) is 15.4. The number of aryl methyl sites for hydroxylation is 1. The lowest BCUT2D eigenvalue weighted by Gasteiger charge is -2.29. The first kappa shape index (κ1) is 18.5. The van der Waals surface area contributed by atoms with Crippen molar-refractivity contribution in [2.75, 3.05) is 6.61 Å². The average molecular weight is 317 g/mol. The van der Waals surface area contributed by atoms with Crippen LogP contribution in [0.3, 0.4) is 0 Å². The molecule has 0 amide bonds. The summed E-state index contributed by atoms with van der Waals surface area (Å²) >= 11 is 0. The van der Waals surface area contributed by atoms with Crippen LogP contribution in [0.2, 0.25) is 0 Å². The Labute approximate surface area is 143 Å². The maximum absolute atomic E-state index is 6.17. The molecule has 23 heavy (non-hydrogen) atoms.